The topological polar surface area (TPSA) is 64.1 Å². The van der Waals surface area contributed by atoms with Gasteiger partial charge in [0.05, 0.1) is 0 Å². The molecule has 1 heterocycles. The van der Waals surface area contributed by atoms with Gasteiger partial charge in [-0.05, 0) is 33.9 Å². The first-order valence-electron chi connectivity index (χ1n) is 6.41. The molecule has 1 aliphatic heterocycles. The van der Waals surface area contributed by atoms with E-state index >= 15 is 0 Å². The summed E-state index contributed by atoms with van der Waals surface area (Å²) < 4.78 is 0. The van der Waals surface area contributed by atoms with Crippen LogP contribution in [0.15, 0.2) is 0 Å². The maximum atomic E-state index is 12.3. The van der Waals surface area contributed by atoms with Gasteiger partial charge in [-0.1, -0.05) is 0 Å². The van der Waals surface area contributed by atoms with Crippen molar-refractivity contribution in [2.45, 2.75) is 26.3 Å². The summed E-state index contributed by atoms with van der Waals surface area (Å²) in [6, 6.07) is -0.0458. The lowest BCUT2D eigenvalue weighted by Crippen LogP contribution is -2.50. The largest absolute Gasteiger partial charge is 0.480 e. The molecule has 1 saturated heterocycles. The van der Waals surface area contributed by atoms with Crippen LogP contribution in [0.2, 0.25) is 0 Å². The fourth-order valence-electron chi connectivity index (χ4n) is 2.32. The summed E-state index contributed by atoms with van der Waals surface area (Å²) in [6.45, 7) is 6.50. The molecule has 1 unspecified atom stereocenters. The van der Waals surface area contributed by atoms with Crippen LogP contribution in [0.1, 0.15) is 20.3 Å². The third-order valence-electron chi connectivity index (χ3n) is 3.27. The molecular formula is C12H23N3O3. The van der Waals surface area contributed by atoms with Crippen LogP contribution < -0.4 is 0 Å². The molecular weight excluding hydrogens is 234 g/mol. The van der Waals surface area contributed by atoms with Crippen molar-refractivity contribution in [1.82, 2.24) is 14.7 Å². The van der Waals surface area contributed by atoms with Gasteiger partial charge in [0.2, 0.25) is 0 Å². The highest BCUT2D eigenvalue weighted by molar-refractivity contribution is 5.80. The summed E-state index contributed by atoms with van der Waals surface area (Å²) in [5, 5.41) is 8.81. The predicted octanol–water partition coefficient (Wildman–Crippen LogP) is 0.539. The van der Waals surface area contributed by atoms with Crippen LogP contribution in [0.3, 0.4) is 0 Å². The highest BCUT2D eigenvalue weighted by atomic mass is 16.4. The summed E-state index contributed by atoms with van der Waals surface area (Å²) in [4.78, 5) is 28.4. The van der Waals surface area contributed by atoms with Crippen molar-refractivity contribution in [3.63, 3.8) is 0 Å². The number of carboxylic acids is 1. The standard InChI is InChI=1S/C12H23N3O3/c1-4-14(9-11(16)17)12(18)15-7-5-6-13(3)8-10(15)2/h10H,4-9H2,1-3H3,(H,16,17). The minimum atomic E-state index is -0.968. The van der Waals surface area contributed by atoms with E-state index in [-0.39, 0.29) is 18.6 Å². The molecule has 1 aliphatic rings. The molecule has 6 heteroatoms. The van der Waals surface area contributed by atoms with Crippen molar-refractivity contribution in [3.05, 3.63) is 0 Å². The van der Waals surface area contributed by atoms with Crippen LogP contribution in [-0.4, -0.2) is 77.6 Å². The minimum absolute atomic E-state index is 0.118. The number of likely N-dealkylation sites (N-methyl/N-ethyl adjacent to an activating group) is 2. The van der Waals surface area contributed by atoms with E-state index in [1.54, 1.807) is 11.8 Å². The quantitative estimate of drug-likeness (QED) is 0.801. The Kier molecular flexibility index (Phi) is 5.40. The van der Waals surface area contributed by atoms with Crippen molar-refractivity contribution < 1.29 is 14.7 Å². The van der Waals surface area contributed by atoms with E-state index in [0.717, 1.165) is 19.5 Å². The van der Waals surface area contributed by atoms with E-state index in [1.807, 2.05) is 14.0 Å². The first kappa shape index (κ1) is 14.8. The lowest BCUT2D eigenvalue weighted by atomic mass is 10.3. The minimum Gasteiger partial charge on any atom is -0.480 e. The Hall–Kier alpha value is -1.30. The fraction of sp³-hybridized carbons (Fsp3) is 0.833. The van der Waals surface area contributed by atoms with Crippen molar-refractivity contribution in [3.8, 4) is 0 Å². The molecule has 0 spiro atoms. The van der Waals surface area contributed by atoms with Crippen molar-refractivity contribution in [1.29, 1.82) is 0 Å². The van der Waals surface area contributed by atoms with Gasteiger partial charge < -0.3 is 19.8 Å². The van der Waals surface area contributed by atoms with Crippen LogP contribution in [0.5, 0.6) is 0 Å². The maximum Gasteiger partial charge on any atom is 0.323 e. The molecule has 1 fully saturated rings. The number of carbonyl (C=O) groups excluding carboxylic acids is 1. The van der Waals surface area contributed by atoms with Gasteiger partial charge in [0, 0.05) is 25.7 Å². The van der Waals surface area contributed by atoms with E-state index in [2.05, 4.69) is 4.90 Å². The monoisotopic (exact) mass is 257 g/mol. The summed E-state index contributed by atoms with van der Waals surface area (Å²) >= 11 is 0. The Labute approximate surface area is 108 Å². The number of amides is 2. The van der Waals surface area contributed by atoms with Gasteiger partial charge in [-0.2, -0.15) is 0 Å². The van der Waals surface area contributed by atoms with E-state index in [9.17, 15) is 9.59 Å². The second kappa shape index (κ2) is 6.58. The summed E-state index contributed by atoms with van der Waals surface area (Å²) in [5.41, 5.74) is 0. The second-order valence-corrected chi connectivity index (χ2v) is 4.85. The summed E-state index contributed by atoms with van der Waals surface area (Å²) in [6.07, 6.45) is 0.928. The molecule has 0 bridgehead atoms. The van der Waals surface area contributed by atoms with Gasteiger partial charge in [-0.25, -0.2) is 4.79 Å². The van der Waals surface area contributed by atoms with Gasteiger partial charge in [0.25, 0.3) is 0 Å². The Morgan fingerprint density at radius 3 is 2.61 bits per heavy atom. The van der Waals surface area contributed by atoms with Gasteiger partial charge in [-0.3, -0.25) is 4.79 Å². The Morgan fingerprint density at radius 1 is 1.39 bits per heavy atom. The summed E-state index contributed by atoms with van der Waals surface area (Å²) in [7, 11) is 2.04. The highest BCUT2D eigenvalue weighted by Gasteiger charge is 2.27. The molecule has 1 N–H and O–H groups in total. The van der Waals surface area contributed by atoms with Gasteiger partial charge in [0.1, 0.15) is 6.54 Å². The molecule has 0 aromatic carbocycles. The fourth-order valence-corrected chi connectivity index (χ4v) is 2.32. The van der Waals surface area contributed by atoms with Crippen molar-refractivity contribution >= 4 is 12.0 Å². The average molecular weight is 257 g/mol. The number of hydrogen-bond acceptors (Lipinski definition) is 3. The zero-order valence-corrected chi connectivity index (χ0v) is 11.4. The van der Waals surface area contributed by atoms with Crippen LogP contribution in [0, 0.1) is 0 Å². The third-order valence-corrected chi connectivity index (χ3v) is 3.27. The Morgan fingerprint density at radius 2 is 2.06 bits per heavy atom. The molecule has 0 aromatic rings. The second-order valence-electron chi connectivity index (χ2n) is 4.85. The number of aliphatic carboxylic acids is 1. The third kappa shape index (κ3) is 3.87. The SMILES string of the molecule is CCN(CC(=O)O)C(=O)N1CCCN(C)CC1C. The Bertz CT molecular complexity index is 309. The van der Waals surface area contributed by atoms with Crippen LogP contribution >= 0.6 is 0 Å². The normalized spacial score (nSPS) is 21.5. The molecule has 6 nitrogen and oxygen atoms in total. The zero-order valence-electron chi connectivity index (χ0n) is 11.4. The van der Waals surface area contributed by atoms with E-state index in [0.29, 0.717) is 13.1 Å². The van der Waals surface area contributed by atoms with Gasteiger partial charge >= 0.3 is 12.0 Å². The number of nitrogens with zero attached hydrogens (tertiary/aromatic N) is 3. The van der Waals surface area contributed by atoms with Crippen LogP contribution in [0.4, 0.5) is 4.79 Å². The van der Waals surface area contributed by atoms with E-state index < -0.39 is 5.97 Å². The molecule has 104 valence electrons. The van der Waals surface area contributed by atoms with Crippen molar-refractivity contribution in [2.75, 3.05) is 39.8 Å². The first-order chi connectivity index (χ1) is 8.45. The van der Waals surface area contributed by atoms with E-state index in [4.69, 9.17) is 5.11 Å². The molecule has 2 amide bonds. The lowest BCUT2D eigenvalue weighted by molar-refractivity contribution is -0.137. The predicted molar refractivity (Wildman–Crippen MR) is 68.6 cm³/mol. The number of rotatable bonds is 3. The molecule has 0 saturated carbocycles. The molecule has 1 atom stereocenters. The molecule has 18 heavy (non-hydrogen) atoms. The highest BCUT2D eigenvalue weighted by Crippen LogP contribution is 2.11. The number of carbonyl (C=O) groups is 2. The maximum absolute atomic E-state index is 12.3. The Balaban J connectivity index is 2.70. The molecule has 0 aromatic heterocycles. The van der Waals surface area contributed by atoms with Crippen molar-refractivity contribution in [2.24, 2.45) is 0 Å². The summed E-state index contributed by atoms with van der Waals surface area (Å²) in [5.74, 6) is -0.968. The zero-order chi connectivity index (χ0) is 13.7. The smallest absolute Gasteiger partial charge is 0.323 e. The number of hydrogen-bond donors (Lipinski definition) is 1. The van der Waals surface area contributed by atoms with Crippen LogP contribution in [0.25, 0.3) is 0 Å². The first-order valence-corrected chi connectivity index (χ1v) is 6.41. The number of urea groups is 1. The number of carboxylic acid groups (broad SMARTS) is 1. The molecule has 0 aliphatic carbocycles. The molecule has 0 radical (unpaired) electrons. The lowest BCUT2D eigenvalue weighted by Gasteiger charge is -2.32. The average Bonchev–Trinajstić information content (AvgIpc) is 2.45. The molecule has 1 rings (SSSR count). The van der Waals surface area contributed by atoms with E-state index in [1.165, 1.54) is 4.90 Å². The van der Waals surface area contributed by atoms with Gasteiger partial charge in [-0.15, -0.1) is 0 Å². The van der Waals surface area contributed by atoms with Gasteiger partial charge in [0.15, 0.2) is 0 Å². The van der Waals surface area contributed by atoms with Crippen LogP contribution in [-0.2, 0) is 4.79 Å².